The van der Waals surface area contributed by atoms with Gasteiger partial charge in [-0.2, -0.15) is 0 Å². The van der Waals surface area contributed by atoms with E-state index in [9.17, 15) is 4.79 Å². The molecule has 0 unspecified atom stereocenters. The molecule has 88 valence electrons. The van der Waals surface area contributed by atoms with Crippen LogP contribution in [0.4, 0.5) is 5.69 Å². The number of nitrogens with two attached hydrogens (primary N) is 1. The second-order valence-corrected chi connectivity index (χ2v) is 4.91. The molecule has 0 aliphatic heterocycles. The van der Waals surface area contributed by atoms with Crippen LogP contribution in [0.15, 0.2) is 23.1 Å². The molecule has 4 heteroatoms. The Balaban J connectivity index is 2.96. The Labute approximate surface area is 100 Å². The van der Waals surface area contributed by atoms with Gasteiger partial charge in [-0.05, 0) is 31.7 Å². The number of hydrogen-bond acceptors (Lipinski definition) is 4. The molecule has 0 heterocycles. The molecule has 0 atom stereocenters. The van der Waals surface area contributed by atoms with Gasteiger partial charge in [0.15, 0.2) is 0 Å². The lowest BCUT2D eigenvalue weighted by molar-refractivity contribution is 0.0379. The van der Waals surface area contributed by atoms with E-state index in [2.05, 4.69) is 0 Å². The second-order valence-electron chi connectivity index (χ2n) is 3.60. The number of thioether (sulfide) groups is 1. The van der Waals surface area contributed by atoms with Crippen LogP contribution in [0.2, 0.25) is 0 Å². The van der Waals surface area contributed by atoms with Crippen LogP contribution in [0.1, 0.15) is 31.1 Å². The van der Waals surface area contributed by atoms with E-state index in [0.717, 1.165) is 10.6 Å². The van der Waals surface area contributed by atoms with Crippen molar-refractivity contribution >= 4 is 23.4 Å². The Morgan fingerprint density at radius 2 is 2.19 bits per heavy atom. The molecule has 1 aromatic carbocycles. The van der Waals surface area contributed by atoms with Gasteiger partial charge in [0, 0.05) is 4.90 Å². The van der Waals surface area contributed by atoms with Gasteiger partial charge in [-0.3, -0.25) is 0 Å². The van der Waals surface area contributed by atoms with E-state index >= 15 is 0 Å². The van der Waals surface area contributed by atoms with Crippen LogP contribution >= 0.6 is 11.8 Å². The number of rotatable bonds is 4. The standard InChI is InChI=1S/C12H17NO2S/c1-4-16-10-7-5-6-9(11(10)13)12(14)15-8(2)3/h5-8H,4,13H2,1-3H3. The largest absolute Gasteiger partial charge is 0.459 e. The Bertz CT molecular complexity index is 377. The third kappa shape index (κ3) is 3.17. The van der Waals surface area contributed by atoms with E-state index < -0.39 is 0 Å². The quantitative estimate of drug-likeness (QED) is 0.498. The highest BCUT2D eigenvalue weighted by Crippen LogP contribution is 2.28. The summed E-state index contributed by atoms with van der Waals surface area (Å²) in [6, 6.07) is 5.43. The van der Waals surface area contributed by atoms with Crippen LogP contribution in [0.5, 0.6) is 0 Å². The minimum absolute atomic E-state index is 0.130. The van der Waals surface area contributed by atoms with Crippen molar-refractivity contribution in [1.82, 2.24) is 0 Å². The Morgan fingerprint density at radius 3 is 2.75 bits per heavy atom. The first kappa shape index (κ1) is 12.9. The number of carbonyl (C=O) groups excluding carboxylic acids is 1. The number of carbonyl (C=O) groups is 1. The number of benzene rings is 1. The van der Waals surface area contributed by atoms with Gasteiger partial charge in [-0.25, -0.2) is 4.79 Å². The molecular formula is C12H17NO2S. The summed E-state index contributed by atoms with van der Waals surface area (Å²) >= 11 is 1.62. The normalized spacial score (nSPS) is 10.5. The fourth-order valence-electron chi connectivity index (χ4n) is 1.28. The van der Waals surface area contributed by atoms with E-state index in [-0.39, 0.29) is 12.1 Å². The predicted octanol–water partition coefficient (Wildman–Crippen LogP) is 2.95. The van der Waals surface area contributed by atoms with E-state index in [1.165, 1.54) is 0 Å². The number of hydrogen-bond donors (Lipinski definition) is 1. The lowest BCUT2D eigenvalue weighted by atomic mass is 10.2. The summed E-state index contributed by atoms with van der Waals surface area (Å²) in [5.74, 6) is 0.568. The molecule has 0 aliphatic carbocycles. The van der Waals surface area contributed by atoms with E-state index in [1.54, 1.807) is 17.8 Å². The fraction of sp³-hybridized carbons (Fsp3) is 0.417. The number of esters is 1. The van der Waals surface area contributed by atoms with Crippen molar-refractivity contribution in [2.75, 3.05) is 11.5 Å². The van der Waals surface area contributed by atoms with Crippen molar-refractivity contribution < 1.29 is 9.53 Å². The summed E-state index contributed by atoms with van der Waals surface area (Å²) < 4.78 is 5.12. The zero-order valence-corrected chi connectivity index (χ0v) is 10.6. The van der Waals surface area contributed by atoms with Gasteiger partial charge < -0.3 is 10.5 Å². The van der Waals surface area contributed by atoms with Gasteiger partial charge in [-0.15, -0.1) is 11.8 Å². The molecule has 0 bridgehead atoms. The molecule has 0 amide bonds. The van der Waals surface area contributed by atoms with Crippen LogP contribution in [0.3, 0.4) is 0 Å². The number of ether oxygens (including phenoxy) is 1. The number of para-hydroxylation sites is 1. The lowest BCUT2D eigenvalue weighted by Gasteiger charge is -2.11. The van der Waals surface area contributed by atoms with Crippen LogP contribution in [0.25, 0.3) is 0 Å². The van der Waals surface area contributed by atoms with Crippen LogP contribution < -0.4 is 5.73 Å². The summed E-state index contributed by atoms with van der Waals surface area (Å²) in [4.78, 5) is 12.7. The predicted molar refractivity (Wildman–Crippen MR) is 67.8 cm³/mol. The third-order valence-electron chi connectivity index (χ3n) is 1.93. The topological polar surface area (TPSA) is 52.3 Å². The SMILES string of the molecule is CCSc1cccc(C(=O)OC(C)C)c1N. The first-order chi connectivity index (χ1) is 7.56. The molecule has 16 heavy (non-hydrogen) atoms. The Morgan fingerprint density at radius 1 is 1.50 bits per heavy atom. The summed E-state index contributed by atoms with van der Waals surface area (Å²) in [5, 5.41) is 0. The second kappa shape index (κ2) is 5.80. The van der Waals surface area contributed by atoms with Crippen molar-refractivity contribution in [2.24, 2.45) is 0 Å². The summed E-state index contributed by atoms with van der Waals surface area (Å²) in [6.45, 7) is 5.68. The van der Waals surface area contributed by atoms with Gasteiger partial charge >= 0.3 is 5.97 Å². The summed E-state index contributed by atoms with van der Waals surface area (Å²) in [7, 11) is 0. The summed E-state index contributed by atoms with van der Waals surface area (Å²) in [6.07, 6.45) is -0.130. The van der Waals surface area contributed by atoms with E-state index in [0.29, 0.717) is 11.3 Å². The van der Waals surface area contributed by atoms with Crippen molar-refractivity contribution in [3.8, 4) is 0 Å². The average Bonchev–Trinajstić information content (AvgIpc) is 2.20. The maximum atomic E-state index is 11.7. The van der Waals surface area contributed by atoms with Crippen LogP contribution in [0, 0.1) is 0 Å². The molecule has 1 rings (SSSR count). The smallest absolute Gasteiger partial charge is 0.340 e. The summed E-state index contributed by atoms with van der Waals surface area (Å²) in [5.41, 5.74) is 6.89. The first-order valence-corrected chi connectivity index (χ1v) is 6.27. The number of nitrogen functional groups attached to an aromatic ring is 1. The molecule has 0 saturated heterocycles. The van der Waals surface area contributed by atoms with Crippen LogP contribution in [-0.4, -0.2) is 17.8 Å². The van der Waals surface area contributed by atoms with Gasteiger partial charge in [0.25, 0.3) is 0 Å². The van der Waals surface area contributed by atoms with E-state index in [4.69, 9.17) is 10.5 Å². The molecule has 3 nitrogen and oxygen atoms in total. The molecule has 0 fully saturated rings. The van der Waals surface area contributed by atoms with Gasteiger partial charge in [0.05, 0.1) is 17.4 Å². The zero-order valence-electron chi connectivity index (χ0n) is 9.82. The highest BCUT2D eigenvalue weighted by atomic mass is 32.2. The Hall–Kier alpha value is -1.16. The van der Waals surface area contributed by atoms with Crippen molar-refractivity contribution in [3.63, 3.8) is 0 Å². The van der Waals surface area contributed by atoms with Gasteiger partial charge in [-0.1, -0.05) is 13.0 Å². The molecule has 0 aromatic heterocycles. The first-order valence-electron chi connectivity index (χ1n) is 5.28. The Kier molecular flexibility index (Phi) is 4.68. The monoisotopic (exact) mass is 239 g/mol. The maximum Gasteiger partial charge on any atom is 0.340 e. The van der Waals surface area contributed by atoms with E-state index in [1.807, 2.05) is 32.9 Å². The fourth-order valence-corrected chi connectivity index (χ4v) is 2.03. The average molecular weight is 239 g/mol. The molecular weight excluding hydrogens is 222 g/mol. The van der Waals surface area contributed by atoms with Crippen molar-refractivity contribution in [1.29, 1.82) is 0 Å². The maximum absolute atomic E-state index is 11.7. The highest BCUT2D eigenvalue weighted by molar-refractivity contribution is 7.99. The molecule has 0 radical (unpaired) electrons. The van der Waals surface area contributed by atoms with Crippen LogP contribution in [-0.2, 0) is 4.74 Å². The third-order valence-corrected chi connectivity index (χ3v) is 2.88. The van der Waals surface area contributed by atoms with Crippen molar-refractivity contribution in [2.45, 2.75) is 31.8 Å². The molecule has 0 aliphatic rings. The highest BCUT2D eigenvalue weighted by Gasteiger charge is 2.14. The number of anilines is 1. The molecule has 2 N–H and O–H groups in total. The van der Waals surface area contributed by atoms with Gasteiger partial charge in [0.1, 0.15) is 0 Å². The van der Waals surface area contributed by atoms with Gasteiger partial charge in [0.2, 0.25) is 0 Å². The zero-order chi connectivity index (χ0) is 12.1. The molecule has 0 saturated carbocycles. The minimum Gasteiger partial charge on any atom is -0.459 e. The lowest BCUT2D eigenvalue weighted by Crippen LogP contribution is -2.13. The molecule has 1 aromatic rings. The van der Waals surface area contributed by atoms with Crippen molar-refractivity contribution in [3.05, 3.63) is 23.8 Å². The minimum atomic E-state index is -0.356. The molecule has 0 spiro atoms.